The molecule has 1 rings (SSSR count). The van der Waals surface area contributed by atoms with Crippen LogP contribution in [0.2, 0.25) is 10.0 Å². The number of esters is 1. The maximum Gasteiger partial charge on any atom is 0.323 e. The van der Waals surface area contributed by atoms with E-state index in [1.54, 1.807) is 12.1 Å². The second kappa shape index (κ2) is 7.73. The Balaban J connectivity index is 2.70. The summed E-state index contributed by atoms with van der Waals surface area (Å²) in [6.45, 7) is 4.60. The first kappa shape index (κ1) is 16.3. The third-order valence-electron chi connectivity index (χ3n) is 3.18. The van der Waals surface area contributed by atoms with E-state index in [-0.39, 0.29) is 17.9 Å². The molecule has 1 N–H and O–H groups in total. The van der Waals surface area contributed by atoms with Gasteiger partial charge in [-0.3, -0.25) is 4.79 Å². The lowest BCUT2D eigenvalue weighted by atomic mass is 9.99. The fourth-order valence-corrected chi connectivity index (χ4v) is 2.08. The summed E-state index contributed by atoms with van der Waals surface area (Å²) in [5, 5.41) is 4.25. The zero-order valence-electron chi connectivity index (χ0n) is 11.4. The summed E-state index contributed by atoms with van der Waals surface area (Å²) < 4.78 is 4.82. The van der Waals surface area contributed by atoms with Crippen molar-refractivity contribution in [2.45, 2.75) is 32.9 Å². The van der Waals surface area contributed by atoms with Gasteiger partial charge in [-0.1, -0.05) is 49.5 Å². The van der Waals surface area contributed by atoms with Gasteiger partial charge < -0.3 is 10.1 Å². The SMILES string of the molecule is CC[C@@H](C)[C@@H](NCc1ccc(Cl)c(Cl)c1)C(=O)OC. The fraction of sp³-hybridized carbons (Fsp3) is 0.500. The van der Waals surface area contributed by atoms with Gasteiger partial charge in [0.1, 0.15) is 6.04 Å². The lowest BCUT2D eigenvalue weighted by molar-refractivity contribution is -0.144. The summed E-state index contributed by atoms with van der Waals surface area (Å²) in [7, 11) is 1.40. The smallest absolute Gasteiger partial charge is 0.323 e. The van der Waals surface area contributed by atoms with Crippen molar-refractivity contribution < 1.29 is 9.53 Å². The predicted octanol–water partition coefficient (Wildman–Crippen LogP) is 3.67. The van der Waals surface area contributed by atoms with E-state index in [1.807, 2.05) is 19.9 Å². The number of hydrogen-bond acceptors (Lipinski definition) is 3. The van der Waals surface area contributed by atoms with Gasteiger partial charge in [0.2, 0.25) is 0 Å². The minimum Gasteiger partial charge on any atom is -0.468 e. The van der Waals surface area contributed by atoms with Gasteiger partial charge in [0.25, 0.3) is 0 Å². The molecule has 0 aliphatic carbocycles. The molecule has 0 radical (unpaired) electrons. The molecule has 19 heavy (non-hydrogen) atoms. The largest absolute Gasteiger partial charge is 0.468 e. The Hall–Kier alpha value is -0.770. The average Bonchev–Trinajstić information content (AvgIpc) is 2.42. The van der Waals surface area contributed by atoms with Crippen LogP contribution in [0, 0.1) is 5.92 Å². The first-order valence-corrected chi connectivity index (χ1v) is 7.00. The molecule has 0 spiro atoms. The normalized spacial score (nSPS) is 13.9. The Morgan fingerprint density at radius 2 is 2.05 bits per heavy atom. The maximum absolute atomic E-state index is 11.7. The predicted molar refractivity (Wildman–Crippen MR) is 78.6 cm³/mol. The summed E-state index contributed by atoms with van der Waals surface area (Å²) in [6.07, 6.45) is 0.897. The first-order chi connectivity index (χ1) is 8.99. The number of carbonyl (C=O) groups excluding carboxylic acids is 1. The highest BCUT2D eigenvalue weighted by atomic mass is 35.5. The number of benzene rings is 1. The summed E-state index contributed by atoms with van der Waals surface area (Å²) in [5.41, 5.74) is 0.978. The molecule has 0 fully saturated rings. The molecule has 0 aliphatic heterocycles. The molecule has 1 aromatic carbocycles. The van der Waals surface area contributed by atoms with Crippen LogP contribution in [0.15, 0.2) is 18.2 Å². The minimum atomic E-state index is -0.315. The number of halogens is 2. The Kier molecular flexibility index (Phi) is 6.63. The lowest BCUT2D eigenvalue weighted by Gasteiger charge is -2.22. The summed E-state index contributed by atoms with van der Waals surface area (Å²) in [4.78, 5) is 11.7. The van der Waals surface area contributed by atoms with Gasteiger partial charge >= 0.3 is 5.97 Å². The van der Waals surface area contributed by atoms with E-state index in [2.05, 4.69) is 5.32 Å². The number of hydrogen-bond donors (Lipinski definition) is 1. The molecule has 2 atom stereocenters. The van der Waals surface area contributed by atoms with E-state index in [1.165, 1.54) is 7.11 Å². The second-order valence-electron chi connectivity index (χ2n) is 4.52. The molecule has 0 aliphatic rings. The molecule has 0 bridgehead atoms. The third kappa shape index (κ3) is 4.68. The van der Waals surface area contributed by atoms with E-state index in [0.29, 0.717) is 16.6 Å². The quantitative estimate of drug-likeness (QED) is 0.815. The maximum atomic E-state index is 11.7. The Morgan fingerprint density at radius 3 is 2.58 bits per heavy atom. The van der Waals surface area contributed by atoms with Gasteiger partial charge in [0, 0.05) is 6.54 Å². The van der Waals surface area contributed by atoms with Gasteiger partial charge in [0.15, 0.2) is 0 Å². The Labute approximate surface area is 124 Å². The van der Waals surface area contributed by atoms with Crippen LogP contribution in [0.5, 0.6) is 0 Å². The van der Waals surface area contributed by atoms with E-state index >= 15 is 0 Å². The van der Waals surface area contributed by atoms with Gasteiger partial charge in [-0.15, -0.1) is 0 Å². The van der Waals surface area contributed by atoms with Crippen molar-refractivity contribution in [3.63, 3.8) is 0 Å². The molecule has 0 aromatic heterocycles. The molecular formula is C14H19Cl2NO2. The van der Waals surface area contributed by atoms with E-state index < -0.39 is 0 Å². The van der Waals surface area contributed by atoms with Crippen LogP contribution in [0.3, 0.4) is 0 Å². The first-order valence-electron chi connectivity index (χ1n) is 6.24. The molecule has 5 heteroatoms. The van der Waals surface area contributed by atoms with Crippen LogP contribution in [-0.2, 0) is 16.1 Å². The van der Waals surface area contributed by atoms with E-state index in [9.17, 15) is 4.79 Å². The number of methoxy groups -OCH3 is 1. The number of rotatable bonds is 6. The minimum absolute atomic E-state index is 0.204. The van der Waals surface area contributed by atoms with E-state index in [4.69, 9.17) is 27.9 Å². The average molecular weight is 304 g/mol. The zero-order valence-corrected chi connectivity index (χ0v) is 12.9. The van der Waals surface area contributed by atoms with Crippen LogP contribution in [-0.4, -0.2) is 19.1 Å². The summed E-state index contributed by atoms with van der Waals surface area (Å²) in [5.74, 6) is -0.0374. The van der Waals surface area contributed by atoms with Crippen LogP contribution < -0.4 is 5.32 Å². The molecule has 3 nitrogen and oxygen atoms in total. The topological polar surface area (TPSA) is 38.3 Å². The van der Waals surface area contributed by atoms with E-state index in [0.717, 1.165) is 12.0 Å². The lowest BCUT2D eigenvalue weighted by Crippen LogP contribution is -2.42. The highest BCUT2D eigenvalue weighted by molar-refractivity contribution is 6.42. The Morgan fingerprint density at radius 1 is 1.37 bits per heavy atom. The third-order valence-corrected chi connectivity index (χ3v) is 3.92. The molecule has 0 unspecified atom stereocenters. The molecule has 0 saturated heterocycles. The van der Waals surface area contributed by atoms with Crippen LogP contribution >= 0.6 is 23.2 Å². The summed E-state index contributed by atoms with van der Waals surface area (Å²) >= 11 is 11.8. The van der Waals surface area contributed by atoms with Crippen LogP contribution in [0.25, 0.3) is 0 Å². The molecule has 0 heterocycles. The molecular weight excluding hydrogens is 285 g/mol. The molecule has 0 amide bonds. The number of nitrogens with one attached hydrogen (secondary N) is 1. The van der Waals surface area contributed by atoms with Crippen molar-refractivity contribution in [2.75, 3.05) is 7.11 Å². The highest BCUT2D eigenvalue weighted by Gasteiger charge is 2.24. The van der Waals surface area contributed by atoms with Crippen molar-refractivity contribution >= 4 is 29.2 Å². The standard InChI is InChI=1S/C14H19Cl2NO2/c1-4-9(2)13(14(18)19-3)17-8-10-5-6-11(15)12(16)7-10/h5-7,9,13,17H,4,8H2,1-3H3/t9-,13-/m1/s1. The zero-order chi connectivity index (χ0) is 14.4. The van der Waals surface area contributed by atoms with Crippen molar-refractivity contribution in [3.8, 4) is 0 Å². The van der Waals surface area contributed by atoms with Crippen molar-refractivity contribution in [1.29, 1.82) is 0 Å². The Bertz CT molecular complexity index is 437. The number of carbonyl (C=O) groups is 1. The highest BCUT2D eigenvalue weighted by Crippen LogP contribution is 2.22. The van der Waals surface area contributed by atoms with Gasteiger partial charge in [-0.25, -0.2) is 0 Å². The summed E-state index contributed by atoms with van der Waals surface area (Å²) in [6, 6.07) is 5.11. The van der Waals surface area contributed by atoms with Gasteiger partial charge in [-0.05, 0) is 23.6 Å². The van der Waals surface area contributed by atoms with Gasteiger partial charge in [0.05, 0.1) is 17.2 Å². The van der Waals surface area contributed by atoms with Crippen molar-refractivity contribution in [3.05, 3.63) is 33.8 Å². The number of ether oxygens (including phenoxy) is 1. The monoisotopic (exact) mass is 303 g/mol. The van der Waals surface area contributed by atoms with Gasteiger partial charge in [-0.2, -0.15) is 0 Å². The molecule has 1 aromatic rings. The van der Waals surface area contributed by atoms with Crippen molar-refractivity contribution in [2.24, 2.45) is 5.92 Å². The molecule has 0 saturated carbocycles. The fourth-order valence-electron chi connectivity index (χ4n) is 1.76. The van der Waals surface area contributed by atoms with Crippen LogP contribution in [0.4, 0.5) is 0 Å². The molecule has 106 valence electrons. The van der Waals surface area contributed by atoms with Crippen molar-refractivity contribution in [1.82, 2.24) is 5.32 Å². The van der Waals surface area contributed by atoms with Crippen LogP contribution in [0.1, 0.15) is 25.8 Å². The second-order valence-corrected chi connectivity index (χ2v) is 5.33.